The summed E-state index contributed by atoms with van der Waals surface area (Å²) in [5.41, 5.74) is 8.41. The molecule has 1 aliphatic heterocycles. The molecular weight excluding hydrogens is 315 g/mol. The van der Waals surface area contributed by atoms with Crippen LogP contribution in [0.4, 0.5) is 5.69 Å². The molecule has 7 nitrogen and oxygen atoms in total. The van der Waals surface area contributed by atoms with Gasteiger partial charge >= 0.3 is 0 Å². The van der Waals surface area contributed by atoms with Gasteiger partial charge in [0, 0.05) is 12.1 Å². The molecule has 1 aromatic carbocycles. The first-order valence-electron chi connectivity index (χ1n) is 8.23. The third-order valence-corrected chi connectivity index (χ3v) is 5.48. The van der Waals surface area contributed by atoms with Crippen molar-refractivity contribution in [2.24, 2.45) is 0 Å². The molecule has 1 unspecified atom stereocenters. The van der Waals surface area contributed by atoms with Crippen LogP contribution in [0.25, 0.3) is 10.9 Å². The van der Waals surface area contributed by atoms with Crippen LogP contribution in [-0.2, 0) is 15.0 Å². The monoisotopic (exact) mass is 334 g/mol. The molecule has 0 bridgehead atoms. The van der Waals surface area contributed by atoms with Gasteiger partial charge in [-0.25, -0.2) is 4.98 Å². The number of rotatable bonds is 1. The maximum atomic E-state index is 13.3. The van der Waals surface area contributed by atoms with E-state index in [1.165, 1.54) is 4.57 Å². The number of aryl methyl sites for hydroxylation is 1. The van der Waals surface area contributed by atoms with Crippen LogP contribution in [0, 0.1) is 6.92 Å². The molecule has 2 heterocycles. The Labute approximate surface area is 148 Å². The highest BCUT2D eigenvalue weighted by molar-refractivity contribution is 6.61. The van der Waals surface area contributed by atoms with E-state index in [0.717, 1.165) is 16.4 Å². The molecule has 25 heavy (non-hydrogen) atoms. The number of carbonyl (C=O) groups excluding carboxylic acids is 2. The SMILES string of the molecule is Bc1c(B)c(N)c2c(=O)n(C3(B)CCC(=O)NC3=O)c(C)nc2c1B. The van der Waals surface area contributed by atoms with Gasteiger partial charge in [-0.2, -0.15) is 0 Å². The average molecular weight is 334 g/mol. The number of anilines is 1. The molecule has 1 fully saturated rings. The second-order valence-corrected chi connectivity index (χ2v) is 6.96. The number of imide groups is 1. The number of nitrogens with two attached hydrogens (primary N) is 1. The summed E-state index contributed by atoms with van der Waals surface area (Å²) in [6, 6.07) is 0. The van der Waals surface area contributed by atoms with Crippen molar-refractivity contribution in [2.75, 3.05) is 5.73 Å². The predicted molar refractivity (Wildman–Crippen MR) is 109 cm³/mol. The Hall–Kier alpha value is -2.44. The zero-order valence-electron chi connectivity index (χ0n) is 15.1. The number of hydrogen-bond acceptors (Lipinski definition) is 5. The molecule has 0 saturated carbocycles. The Balaban J connectivity index is 2.41. The van der Waals surface area contributed by atoms with Crippen molar-refractivity contribution in [3.8, 4) is 0 Å². The van der Waals surface area contributed by atoms with E-state index in [0.29, 0.717) is 22.4 Å². The first-order valence-corrected chi connectivity index (χ1v) is 8.23. The van der Waals surface area contributed by atoms with Crippen LogP contribution in [0.15, 0.2) is 4.79 Å². The van der Waals surface area contributed by atoms with E-state index in [4.69, 9.17) is 5.73 Å². The molecule has 2 amide bonds. The summed E-state index contributed by atoms with van der Waals surface area (Å²) in [6.45, 7) is 1.70. The molecule has 0 spiro atoms. The van der Waals surface area contributed by atoms with Gasteiger partial charge in [0.05, 0.1) is 16.3 Å². The van der Waals surface area contributed by atoms with Crippen molar-refractivity contribution < 1.29 is 9.59 Å². The van der Waals surface area contributed by atoms with Gasteiger partial charge in [-0.05, 0) is 13.3 Å². The number of nitrogens with zero attached hydrogens (tertiary/aromatic N) is 2. The maximum Gasteiger partial charge on any atom is 0.263 e. The highest BCUT2D eigenvalue weighted by atomic mass is 16.2. The summed E-state index contributed by atoms with van der Waals surface area (Å²) in [4.78, 5) is 41.9. The van der Waals surface area contributed by atoms with Crippen LogP contribution >= 0.6 is 0 Å². The maximum absolute atomic E-state index is 13.3. The van der Waals surface area contributed by atoms with E-state index in [1.807, 2.05) is 23.5 Å². The van der Waals surface area contributed by atoms with Gasteiger partial charge in [0.1, 0.15) is 37.2 Å². The number of nitrogens with one attached hydrogen (secondary N) is 1. The van der Waals surface area contributed by atoms with Crippen molar-refractivity contribution in [2.45, 2.75) is 25.2 Å². The lowest BCUT2D eigenvalue weighted by Gasteiger charge is -2.35. The topological polar surface area (TPSA) is 107 Å². The lowest BCUT2D eigenvalue weighted by molar-refractivity contribution is -0.137. The number of nitrogen functional groups attached to an aromatic ring is 1. The fourth-order valence-corrected chi connectivity index (χ4v) is 3.58. The summed E-state index contributed by atoms with van der Waals surface area (Å²) < 4.78 is 1.38. The lowest BCUT2D eigenvalue weighted by atomic mass is 9.69. The van der Waals surface area contributed by atoms with E-state index in [9.17, 15) is 14.4 Å². The molecule has 0 radical (unpaired) electrons. The smallest absolute Gasteiger partial charge is 0.263 e. The molecule has 11 heteroatoms. The molecule has 1 aromatic heterocycles. The predicted octanol–water partition coefficient (Wildman–Crippen LogP) is -6.22. The largest absolute Gasteiger partial charge is 0.398 e. The quantitative estimate of drug-likeness (QED) is 0.307. The van der Waals surface area contributed by atoms with Crippen LogP contribution in [0.2, 0.25) is 0 Å². The van der Waals surface area contributed by atoms with E-state index in [2.05, 4.69) is 10.3 Å². The number of benzene rings is 1. The second-order valence-electron chi connectivity index (χ2n) is 6.96. The third kappa shape index (κ3) is 2.33. The first-order chi connectivity index (χ1) is 11.6. The van der Waals surface area contributed by atoms with Crippen molar-refractivity contribution >= 4 is 76.2 Å². The first kappa shape index (κ1) is 17.4. The molecular formula is C14H18B4N4O3. The van der Waals surface area contributed by atoms with E-state index < -0.39 is 11.3 Å². The third-order valence-electron chi connectivity index (χ3n) is 5.48. The molecule has 3 rings (SSSR count). The molecule has 1 aliphatic rings. The molecule has 1 saturated heterocycles. The zero-order chi connectivity index (χ0) is 18.7. The number of amides is 2. The van der Waals surface area contributed by atoms with E-state index in [-0.39, 0.29) is 24.3 Å². The van der Waals surface area contributed by atoms with Crippen molar-refractivity contribution in [3.63, 3.8) is 0 Å². The fraction of sp³-hybridized carbons (Fsp3) is 0.286. The Morgan fingerprint density at radius 3 is 2.40 bits per heavy atom. The standard InChI is InChI=1S/C14H18B4N4O3/c1-4-20-11-6(10(19)8(16)7(15)9(11)17)12(24)22(4)14(18)3-2-5(23)21-13(14)25/h2-3,15-19H2,1H3,(H,21,23,25). The van der Waals surface area contributed by atoms with E-state index >= 15 is 0 Å². The minimum absolute atomic E-state index is 0.174. The highest BCUT2D eigenvalue weighted by Crippen LogP contribution is 2.24. The van der Waals surface area contributed by atoms with Gasteiger partial charge in [-0.1, -0.05) is 16.4 Å². The van der Waals surface area contributed by atoms with Crippen LogP contribution in [0.3, 0.4) is 0 Å². The number of piperidine rings is 1. The van der Waals surface area contributed by atoms with Crippen LogP contribution in [-0.4, -0.2) is 52.8 Å². The van der Waals surface area contributed by atoms with Gasteiger partial charge in [0.2, 0.25) is 11.8 Å². The van der Waals surface area contributed by atoms with Crippen LogP contribution in [0.5, 0.6) is 0 Å². The normalized spacial score (nSPS) is 20.7. The Bertz CT molecular complexity index is 1020. The Morgan fingerprint density at radius 2 is 1.80 bits per heavy atom. The van der Waals surface area contributed by atoms with Gasteiger partial charge in [-0.3, -0.25) is 24.3 Å². The molecule has 2 aromatic rings. The summed E-state index contributed by atoms with van der Waals surface area (Å²) in [5.74, 6) is -0.395. The number of fused-ring (bicyclic) bond motifs is 1. The minimum atomic E-state index is -1.17. The average Bonchev–Trinajstić information content (AvgIpc) is 2.54. The van der Waals surface area contributed by atoms with Crippen molar-refractivity contribution in [3.05, 3.63) is 16.2 Å². The van der Waals surface area contributed by atoms with Gasteiger partial charge < -0.3 is 5.73 Å². The number of aromatic nitrogens is 2. The zero-order valence-corrected chi connectivity index (χ0v) is 15.1. The van der Waals surface area contributed by atoms with Crippen molar-refractivity contribution in [1.82, 2.24) is 14.9 Å². The Kier molecular flexibility index (Phi) is 3.85. The molecule has 1 atom stereocenters. The van der Waals surface area contributed by atoms with Crippen LogP contribution < -0.4 is 33.0 Å². The fourth-order valence-electron chi connectivity index (χ4n) is 3.58. The molecule has 0 aliphatic carbocycles. The van der Waals surface area contributed by atoms with E-state index in [1.54, 1.807) is 14.8 Å². The summed E-state index contributed by atoms with van der Waals surface area (Å²) >= 11 is 0. The summed E-state index contributed by atoms with van der Waals surface area (Å²) in [5, 5.41) is 2.65. The molecule has 3 N–H and O–H groups in total. The van der Waals surface area contributed by atoms with Gasteiger partial charge in [-0.15, -0.1) is 0 Å². The summed E-state index contributed by atoms with van der Waals surface area (Å²) in [7, 11) is 7.38. The lowest BCUT2D eigenvalue weighted by Crippen LogP contribution is -2.59. The Morgan fingerprint density at radius 1 is 1.16 bits per heavy atom. The van der Waals surface area contributed by atoms with Gasteiger partial charge in [0.25, 0.3) is 5.56 Å². The number of hydrogen-bond donors (Lipinski definition) is 2. The summed E-state index contributed by atoms with van der Waals surface area (Å²) in [6.07, 6.45) is 0.420. The number of carbonyl (C=O) groups is 2. The minimum Gasteiger partial charge on any atom is -0.398 e. The van der Waals surface area contributed by atoms with Crippen LogP contribution in [0.1, 0.15) is 18.7 Å². The van der Waals surface area contributed by atoms with Gasteiger partial charge in [0.15, 0.2) is 0 Å². The second kappa shape index (κ2) is 5.54. The molecule has 124 valence electrons. The van der Waals surface area contributed by atoms with Crippen molar-refractivity contribution in [1.29, 1.82) is 0 Å². The highest BCUT2D eigenvalue weighted by Gasteiger charge is 2.42.